The fourth-order valence-electron chi connectivity index (χ4n) is 0.935. The zero-order valence-corrected chi connectivity index (χ0v) is 11.3. The Labute approximate surface area is 111 Å². The van der Waals surface area contributed by atoms with Crippen LogP contribution in [0.15, 0.2) is 6.20 Å². The molecule has 0 saturated heterocycles. The maximum absolute atomic E-state index is 12.0. The number of pyridine rings is 1. The second-order valence-corrected chi connectivity index (χ2v) is 4.24. The summed E-state index contributed by atoms with van der Waals surface area (Å²) in [4.78, 5) is 14.5. The summed E-state index contributed by atoms with van der Waals surface area (Å²) in [7, 11) is 0. The lowest BCUT2D eigenvalue weighted by Gasteiger charge is -2.12. The van der Waals surface area contributed by atoms with Gasteiger partial charge in [0.05, 0.1) is 17.5 Å². The predicted molar refractivity (Wildman–Crippen MR) is 61.7 cm³/mol. The fraction of sp³-hybridized carbons (Fsp3) is 0.250. The molecule has 1 heterocycles. The maximum atomic E-state index is 12.0. The van der Waals surface area contributed by atoms with Gasteiger partial charge in [-0.25, -0.2) is 0 Å². The van der Waals surface area contributed by atoms with Crippen LogP contribution in [0.4, 0.5) is 13.2 Å². The zero-order valence-electron chi connectivity index (χ0n) is 7.52. The molecule has 0 amide bonds. The summed E-state index contributed by atoms with van der Waals surface area (Å²) in [5.74, 6) is -0.586. The average molecular weight is 410 g/mol. The van der Waals surface area contributed by atoms with E-state index in [1.807, 2.05) is 0 Å². The highest BCUT2D eigenvalue weighted by Gasteiger charge is 2.33. The molecule has 1 aromatic heterocycles. The highest BCUT2D eigenvalue weighted by Crippen LogP contribution is 2.29. The quantitative estimate of drug-likeness (QED) is 0.437. The van der Waals surface area contributed by atoms with Crippen molar-refractivity contribution in [1.82, 2.24) is 4.98 Å². The second kappa shape index (κ2) is 5.30. The van der Waals surface area contributed by atoms with E-state index in [1.165, 1.54) is 0 Å². The number of halogens is 5. The van der Waals surface area contributed by atoms with E-state index in [4.69, 9.17) is 0 Å². The number of hydrogen-bond donors (Lipinski definition) is 0. The van der Waals surface area contributed by atoms with Gasteiger partial charge in [0.2, 0.25) is 0 Å². The smallest absolute Gasteiger partial charge is 0.403 e. The first-order valence-corrected chi connectivity index (χ1v) is 6.03. The molecule has 0 aromatic carbocycles. The minimum atomic E-state index is -4.83. The third-order valence-electron chi connectivity index (χ3n) is 1.56. The van der Waals surface area contributed by atoms with Crippen LogP contribution in [-0.2, 0) is 5.33 Å². The summed E-state index contributed by atoms with van der Waals surface area (Å²) in [6.07, 6.45) is -3.63. The van der Waals surface area contributed by atoms with Crippen LogP contribution < -0.4 is 4.74 Å². The first kappa shape index (κ1) is 13.7. The van der Waals surface area contributed by atoms with E-state index in [1.54, 1.807) is 22.6 Å². The van der Waals surface area contributed by atoms with E-state index < -0.39 is 12.1 Å². The number of rotatable bonds is 3. The molecular formula is C8H4BrF3INO2. The van der Waals surface area contributed by atoms with Crippen molar-refractivity contribution in [3.05, 3.63) is 21.0 Å². The van der Waals surface area contributed by atoms with E-state index in [9.17, 15) is 18.0 Å². The molecule has 0 spiro atoms. The van der Waals surface area contributed by atoms with Crippen LogP contribution in [0, 0.1) is 3.57 Å². The molecule has 0 atom stereocenters. The lowest BCUT2D eigenvalue weighted by atomic mass is 10.2. The number of hydrogen-bond acceptors (Lipinski definition) is 3. The van der Waals surface area contributed by atoms with Gasteiger partial charge < -0.3 is 4.74 Å². The van der Waals surface area contributed by atoms with Gasteiger partial charge in [-0.15, -0.1) is 13.2 Å². The maximum Gasteiger partial charge on any atom is 0.573 e. The van der Waals surface area contributed by atoms with Gasteiger partial charge in [0.15, 0.2) is 12.0 Å². The molecule has 0 unspecified atom stereocenters. The molecule has 0 bridgehead atoms. The summed E-state index contributed by atoms with van der Waals surface area (Å²) in [6, 6.07) is 0. The minimum Gasteiger partial charge on any atom is -0.403 e. The Balaban J connectivity index is 3.21. The molecule has 0 saturated carbocycles. The Morgan fingerprint density at radius 2 is 2.19 bits per heavy atom. The van der Waals surface area contributed by atoms with Gasteiger partial charge in [-0.2, -0.15) is 0 Å². The molecule has 0 aliphatic heterocycles. The van der Waals surface area contributed by atoms with Gasteiger partial charge in [0.25, 0.3) is 0 Å². The zero-order chi connectivity index (χ0) is 12.3. The molecule has 1 rings (SSSR count). The van der Waals surface area contributed by atoms with E-state index in [0.29, 0.717) is 20.9 Å². The summed E-state index contributed by atoms with van der Waals surface area (Å²) < 4.78 is 40.0. The number of alkyl halides is 4. The average Bonchev–Trinajstić information content (AvgIpc) is 2.16. The van der Waals surface area contributed by atoms with E-state index in [-0.39, 0.29) is 5.56 Å². The molecule has 8 heteroatoms. The molecule has 0 aliphatic rings. The Morgan fingerprint density at radius 3 is 2.62 bits per heavy atom. The Morgan fingerprint density at radius 1 is 1.56 bits per heavy atom. The number of carbonyl (C=O) groups is 1. The van der Waals surface area contributed by atoms with Crippen LogP contribution in [0.5, 0.6) is 5.75 Å². The number of aromatic nitrogens is 1. The van der Waals surface area contributed by atoms with Gasteiger partial charge >= 0.3 is 6.36 Å². The SMILES string of the molecule is O=Cc1c(OC(F)(F)F)cnc(CBr)c1I. The summed E-state index contributed by atoms with van der Waals surface area (Å²) in [5, 5.41) is 0.346. The van der Waals surface area contributed by atoms with Crippen LogP contribution in [0.1, 0.15) is 16.1 Å². The molecule has 3 nitrogen and oxygen atoms in total. The summed E-state index contributed by atoms with van der Waals surface area (Å²) in [6.45, 7) is 0. The normalized spacial score (nSPS) is 11.3. The van der Waals surface area contributed by atoms with E-state index >= 15 is 0 Å². The third kappa shape index (κ3) is 3.30. The Hall–Kier alpha value is -0.380. The standard InChI is InChI=1S/C8H4BrF3INO2/c9-1-5-7(13)4(3-15)6(2-14-5)16-8(10,11)12/h2-3H,1H2. The summed E-state index contributed by atoms with van der Waals surface area (Å²) in [5.41, 5.74) is 0.333. The van der Waals surface area contributed by atoms with Gasteiger partial charge in [-0.05, 0) is 22.6 Å². The first-order valence-electron chi connectivity index (χ1n) is 3.83. The van der Waals surface area contributed by atoms with Gasteiger partial charge in [-0.1, -0.05) is 15.9 Å². The first-order chi connectivity index (χ1) is 7.39. The Bertz CT molecular complexity index is 411. The minimum absolute atomic E-state index is 0.151. The monoisotopic (exact) mass is 409 g/mol. The van der Waals surface area contributed by atoms with Crippen LogP contribution in [0.3, 0.4) is 0 Å². The predicted octanol–water partition coefficient (Wildman–Crippen LogP) is 3.29. The van der Waals surface area contributed by atoms with Crippen LogP contribution in [0.2, 0.25) is 0 Å². The van der Waals surface area contributed by atoms with Crippen LogP contribution >= 0.6 is 38.5 Å². The number of nitrogens with zero attached hydrogens (tertiary/aromatic N) is 1. The lowest BCUT2D eigenvalue weighted by molar-refractivity contribution is -0.274. The fourth-order valence-corrected chi connectivity index (χ4v) is 2.61. The molecule has 16 heavy (non-hydrogen) atoms. The highest BCUT2D eigenvalue weighted by molar-refractivity contribution is 14.1. The van der Waals surface area contributed by atoms with Crippen molar-refractivity contribution in [3.8, 4) is 5.75 Å². The van der Waals surface area contributed by atoms with Crippen molar-refractivity contribution >= 4 is 44.8 Å². The van der Waals surface area contributed by atoms with E-state index in [2.05, 4.69) is 25.7 Å². The Kier molecular flexibility index (Phi) is 4.53. The molecule has 0 fully saturated rings. The second-order valence-electron chi connectivity index (χ2n) is 2.60. The van der Waals surface area contributed by atoms with Gasteiger partial charge in [0.1, 0.15) is 0 Å². The van der Waals surface area contributed by atoms with Crippen molar-refractivity contribution in [2.75, 3.05) is 0 Å². The lowest BCUT2D eigenvalue weighted by Crippen LogP contribution is -2.19. The molecule has 1 aromatic rings. The van der Waals surface area contributed by atoms with Crippen LogP contribution in [0.25, 0.3) is 0 Å². The van der Waals surface area contributed by atoms with Crippen molar-refractivity contribution in [2.24, 2.45) is 0 Å². The number of ether oxygens (including phenoxy) is 1. The van der Waals surface area contributed by atoms with Crippen LogP contribution in [-0.4, -0.2) is 17.6 Å². The van der Waals surface area contributed by atoms with Crippen molar-refractivity contribution < 1.29 is 22.7 Å². The molecule has 88 valence electrons. The number of carbonyl (C=O) groups excluding carboxylic acids is 1. The van der Waals surface area contributed by atoms with E-state index in [0.717, 1.165) is 6.20 Å². The van der Waals surface area contributed by atoms with Gasteiger partial charge in [-0.3, -0.25) is 9.78 Å². The number of aldehydes is 1. The van der Waals surface area contributed by atoms with Crippen molar-refractivity contribution in [1.29, 1.82) is 0 Å². The molecule has 0 N–H and O–H groups in total. The molecular weight excluding hydrogens is 406 g/mol. The molecule has 0 aliphatic carbocycles. The topological polar surface area (TPSA) is 39.2 Å². The third-order valence-corrected chi connectivity index (χ3v) is 3.30. The van der Waals surface area contributed by atoms with Crippen molar-refractivity contribution in [2.45, 2.75) is 11.7 Å². The largest absolute Gasteiger partial charge is 0.573 e. The highest BCUT2D eigenvalue weighted by atomic mass is 127. The van der Waals surface area contributed by atoms with Crippen molar-refractivity contribution in [3.63, 3.8) is 0 Å². The molecule has 0 radical (unpaired) electrons. The van der Waals surface area contributed by atoms with Gasteiger partial charge in [0, 0.05) is 8.90 Å². The summed E-state index contributed by atoms with van der Waals surface area (Å²) >= 11 is 4.86.